The Labute approximate surface area is 60.0 Å². The van der Waals surface area contributed by atoms with E-state index in [-0.39, 0.29) is 5.75 Å². The number of aromatic nitrogens is 1. The van der Waals surface area contributed by atoms with Crippen LogP contribution in [-0.2, 0) is 9.84 Å². The molecular formula is C6H9NO2S. The summed E-state index contributed by atoms with van der Waals surface area (Å²) in [5.74, 6) is 0.158. The Kier molecular flexibility index (Phi) is 1.80. The lowest BCUT2D eigenvalue weighted by atomic mass is 10.7. The van der Waals surface area contributed by atoms with E-state index in [9.17, 15) is 8.42 Å². The van der Waals surface area contributed by atoms with Crippen LogP contribution < -0.4 is 0 Å². The largest absolute Gasteiger partial charge is 0.366 e. The first kappa shape index (κ1) is 7.34. The van der Waals surface area contributed by atoms with E-state index in [0.717, 1.165) is 0 Å². The maximum absolute atomic E-state index is 11.0. The summed E-state index contributed by atoms with van der Waals surface area (Å²) in [6, 6.07) is 1.55. The van der Waals surface area contributed by atoms with Gasteiger partial charge in [-0.15, -0.1) is 0 Å². The minimum atomic E-state index is -2.99. The Morgan fingerprint density at radius 2 is 2.30 bits per heavy atom. The van der Waals surface area contributed by atoms with Crippen molar-refractivity contribution in [3.63, 3.8) is 0 Å². The monoisotopic (exact) mass is 159 g/mol. The number of hydrogen-bond acceptors (Lipinski definition) is 2. The van der Waals surface area contributed by atoms with Crippen LogP contribution >= 0.6 is 0 Å². The van der Waals surface area contributed by atoms with Gasteiger partial charge in [-0.25, -0.2) is 8.42 Å². The van der Waals surface area contributed by atoms with Crippen molar-refractivity contribution in [3.05, 3.63) is 18.5 Å². The van der Waals surface area contributed by atoms with Crippen LogP contribution in [0.4, 0.5) is 0 Å². The summed E-state index contributed by atoms with van der Waals surface area (Å²) in [5.41, 5.74) is 0. The average Bonchev–Trinajstić information content (AvgIpc) is 2.38. The fourth-order valence-corrected chi connectivity index (χ4v) is 1.53. The molecule has 3 nitrogen and oxygen atoms in total. The van der Waals surface area contributed by atoms with E-state index in [4.69, 9.17) is 0 Å². The van der Waals surface area contributed by atoms with E-state index >= 15 is 0 Å². The van der Waals surface area contributed by atoms with Crippen molar-refractivity contribution >= 4 is 9.84 Å². The molecule has 0 unspecified atom stereocenters. The first-order valence-electron chi connectivity index (χ1n) is 3.02. The minimum Gasteiger partial charge on any atom is -0.366 e. The zero-order valence-electron chi connectivity index (χ0n) is 5.66. The van der Waals surface area contributed by atoms with Gasteiger partial charge in [-0.3, -0.25) is 0 Å². The highest BCUT2D eigenvalue weighted by Gasteiger charge is 2.09. The van der Waals surface area contributed by atoms with E-state index in [1.807, 2.05) is 0 Å². The highest BCUT2D eigenvalue weighted by Crippen LogP contribution is 2.07. The van der Waals surface area contributed by atoms with E-state index in [0.29, 0.717) is 4.90 Å². The molecule has 0 bridgehead atoms. The quantitative estimate of drug-likeness (QED) is 0.694. The second-order valence-corrected chi connectivity index (χ2v) is 4.23. The lowest BCUT2D eigenvalue weighted by Gasteiger charge is -1.93. The van der Waals surface area contributed by atoms with E-state index in [1.165, 1.54) is 6.20 Å². The average molecular weight is 159 g/mol. The number of aromatic amines is 1. The summed E-state index contributed by atoms with van der Waals surface area (Å²) >= 11 is 0. The van der Waals surface area contributed by atoms with Gasteiger partial charge in [0.15, 0.2) is 9.84 Å². The number of sulfone groups is 1. The minimum absolute atomic E-state index is 0.158. The maximum atomic E-state index is 11.0. The Morgan fingerprint density at radius 3 is 2.70 bits per heavy atom. The number of hydrogen-bond donors (Lipinski definition) is 1. The van der Waals surface area contributed by atoms with Crippen LogP contribution in [0.2, 0.25) is 0 Å². The predicted molar refractivity (Wildman–Crippen MR) is 38.5 cm³/mol. The van der Waals surface area contributed by atoms with Crippen LogP contribution in [0, 0.1) is 0 Å². The molecule has 0 amide bonds. The van der Waals surface area contributed by atoms with Crippen LogP contribution in [0.5, 0.6) is 0 Å². The lowest BCUT2D eigenvalue weighted by Crippen LogP contribution is -2.01. The van der Waals surface area contributed by atoms with Gasteiger partial charge in [0, 0.05) is 12.4 Å². The molecule has 4 heteroatoms. The molecule has 1 aromatic heterocycles. The Morgan fingerprint density at radius 1 is 1.60 bits per heavy atom. The van der Waals surface area contributed by atoms with Gasteiger partial charge in [0.2, 0.25) is 0 Å². The zero-order chi connectivity index (χ0) is 7.61. The molecule has 1 heterocycles. The zero-order valence-corrected chi connectivity index (χ0v) is 6.48. The number of nitrogens with one attached hydrogen (secondary N) is 1. The van der Waals surface area contributed by atoms with Gasteiger partial charge in [0.25, 0.3) is 0 Å². The Balaban J connectivity index is 3.09. The third-order valence-corrected chi connectivity index (χ3v) is 3.04. The summed E-state index contributed by atoms with van der Waals surface area (Å²) in [6.45, 7) is 1.63. The van der Waals surface area contributed by atoms with Gasteiger partial charge in [-0.2, -0.15) is 0 Å². The molecule has 0 fully saturated rings. The molecule has 0 saturated carbocycles. The van der Waals surface area contributed by atoms with Crippen molar-refractivity contribution in [1.82, 2.24) is 4.98 Å². The molecule has 0 spiro atoms. The normalized spacial score (nSPS) is 11.7. The fourth-order valence-electron chi connectivity index (χ4n) is 0.669. The first-order valence-corrected chi connectivity index (χ1v) is 4.67. The van der Waals surface area contributed by atoms with Gasteiger partial charge < -0.3 is 4.98 Å². The van der Waals surface area contributed by atoms with Crippen molar-refractivity contribution in [2.75, 3.05) is 5.75 Å². The van der Waals surface area contributed by atoms with Gasteiger partial charge in [0.05, 0.1) is 10.6 Å². The molecule has 0 saturated heterocycles. The van der Waals surface area contributed by atoms with Crippen molar-refractivity contribution < 1.29 is 8.42 Å². The molecule has 1 rings (SSSR count). The van der Waals surface area contributed by atoms with Crippen LogP contribution in [-0.4, -0.2) is 19.2 Å². The summed E-state index contributed by atoms with van der Waals surface area (Å²) in [5, 5.41) is 0. The summed E-state index contributed by atoms with van der Waals surface area (Å²) < 4.78 is 22.1. The van der Waals surface area contributed by atoms with Gasteiger partial charge >= 0.3 is 0 Å². The third-order valence-electron chi connectivity index (χ3n) is 1.31. The molecule has 0 atom stereocenters. The maximum Gasteiger partial charge on any atom is 0.179 e. The van der Waals surface area contributed by atoms with Crippen molar-refractivity contribution in [2.45, 2.75) is 11.8 Å². The molecule has 0 aliphatic rings. The highest BCUT2D eigenvalue weighted by molar-refractivity contribution is 7.91. The molecular weight excluding hydrogens is 150 g/mol. The van der Waals surface area contributed by atoms with Crippen LogP contribution in [0.25, 0.3) is 0 Å². The van der Waals surface area contributed by atoms with E-state index in [2.05, 4.69) is 4.98 Å². The standard InChI is InChI=1S/C6H9NO2S/c1-2-10(8,9)6-3-4-7-5-6/h3-5,7H,2H2,1H3. The fraction of sp³-hybridized carbons (Fsp3) is 0.333. The number of rotatable bonds is 2. The molecule has 0 aliphatic carbocycles. The van der Waals surface area contributed by atoms with Crippen molar-refractivity contribution in [3.8, 4) is 0 Å². The SMILES string of the molecule is CCS(=O)(=O)c1cc[nH]c1. The van der Waals surface area contributed by atoms with Gasteiger partial charge in [0.1, 0.15) is 0 Å². The molecule has 0 aromatic carbocycles. The predicted octanol–water partition coefficient (Wildman–Crippen LogP) is 0.808. The first-order chi connectivity index (χ1) is 4.67. The summed E-state index contributed by atoms with van der Waals surface area (Å²) in [4.78, 5) is 3.06. The van der Waals surface area contributed by atoms with Crippen molar-refractivity contribution in [1.29, 1.82) is 0 Å². The smallest absolute Gasteiger partial charge is 0.179 e. The topological polar surface area (TPSA) is 49.9 Å². The van der Waals surface area contributed by atoms with Crippen LogP contribution in [0.3, 0.4) is 0 Å². The molecule has 1 aromatic rings. The third kappa shape index (κ3) is 1.21. The molecule has 0 radical (unpaired) electrons. The molecule has 0 aliphatic heterocycles. The summed E-state index contributed by atoms with van der Waals surface area (Å²) in [7, 11) is -2.99. The van der Waals surface area contributed by atoms with Crippen molar-refractivity contribution in [2.24, 2.45) is 0 Å². The molecule has 1 N–H and O–H groups in total. The Bertz CT molecular complexity index is 286. The number of H-pyrrole nitrogens is 1. The Hall–Kier alpha value is -0.770. The second kappa shape index (κ2) is 2.46. The van der Waals surface area contributed by atoms with Gasteiger partial charge in [-0.05, 0) is 6.07 Å². The summed E-state index contributed by atoms with van der Waals surface area (Å²) in [6.07, 6.45) is 3.08. The molecule has 56 valence electrons. The van der Waals surface area contributed by atoms with E-state index in [1.54, 1.807) is 19.2 Å². The lowest BCUT2D eigenvalue weighted by molar-refractivity contribution is 0.597. The highest BCUT2D eigenvalue weighted by atomic mass is 32.2. The molecule has 10 heavy (non-hydrogen) atoms. The van der Waals surface area contributed by atoms with E-state index < -0.39 is 9.84 Å². The second-order valence-electron chi connectivity index (χ2n) is 1.95. The van der Waals surface area contributed by atoms with Gasteiger partial charge in [-0.1, -0.05) is 6.92 Å². The van der Waals surface area contributed by atoms with Crippen LogP contribution in [0.1, 0.15) is 6.92 Å². The van der Waals surface area contributed by atoms with Crippen LogP contribution in [0.15, 0.2) is 23.4 Å².